The molecule has 7 nitrogen and oxygen atoms in total. The molecule has 4 fully saturated rings. The van der Waals surface area contributed by atoms with Gasteiger partial charge in [0.25, 0.3) is 5.91 Å². The largest absolute Gasteiger partial charge is 0.456 e. The summed E-state index contributed by atoms with van der Waals surface area (Å²) < 4.78 is 5.07. The predicted molar refractivity (Wildman–Crippen MR) is 89.5 cm³/mol. The molecule has 0 aromatic rings. The zero-order chi connectivity index (χ0) is 18.2. The summed E-state index contributed by atoms with van der Waals surface area (Å²) in [4.78, 5) is 35.3. The van der Waals surface area contributed by atoms with Gasteiger partial charge in [-0.15, -0.1) is 0 Å². The highest BCUT2D eigenvalue weighted by molar-refractivity contribution is 5.95. The van der Waals surface area contributed by atoms with Crippen LogP contribution in [0.3, 0.4) is 0 Å². The number of carbonyl (C=O) groups excluding carboxylic acids is 3. The number of amides is 3. The quantitative estimate of drug-likeness (QED) is 0.650. The van der Waals surface area contributed by atoms with E-state index in [1.165, 1.54) is 0 Å². The Morgan fingerprint density at radius 3 is 2.36 bits per heavy atom. The molecule has 4 bridgehead atoms. The van der Waals surface area contributed by atoms with E-state index in [4.69, 9.17) is 4.74 Å². The molecule has 3 N–H and O–H groups in total. The van der Waals surface area contributed by atoms with Gasteiger partial charge in [0.05, 0.1) is 12.0 Å². The lowest BCUT2D eigenvalue weighted by Crippen LogP contribution is -2.56. The standard InChI is InChI=1S/C18H28N2O5/c1-11(2)19-16(23)20-14(21)9-25-15(22)8-17-4-12-3-13(5-17)7-18(24,6-12)10-17/h11-13,24H,3-10H2,1-2H3,(H2,19,20,21,23)/t12-,13-,17?,18?/m1/s1. The highest BCUT2D eigenvalue weighted by Gasteiger charge is 2.57. The van der Waals surface area contributed by atoms with Crippen molar-refractivity contribution in [1.82, 2.24) is 10.6 Å². The minimum atomic E-state index is -0.643. The molecule has 7 heteroatoms. The van der Waals surface area contributed by atoms with Crippen LogP contribution in [0.4, 0.5) is 4.79 Å². The molecule has 2 atom stereocenters. The van der Waals surface area contributed by atoms with Crippen LogP contribution in [0.25, 0.3) is 0 Å². The average molecular weight is 352 g/mol. The van der Waals surface area contributed by atoms with Crippen molar-refractivity contribution >= 4 is 17.9 Å². The van der Waals surface area contributed by atoms with E-state index in [9.17, 15) is 19.5 Å². The fourth-order valence-corrected chi connectivity index (χ4v) is 5.57. The number of esters is 1. The Balaban J connectivity index is 1.47. The molecule has 4 aliphatic carbocycles. The van der Waals surface area contributed by atoms with Crippen LogP contribution >= 0.6 is 0 Å². The molecule has 4 aliphatic rings. The lowest BCUT2D eigenvalue weighted by Gasteiger charge is -2.60. The molecule has 4 saturated carbocycles. The third-order valence-electron chi connectivity index (χ3n) is 5.71. The number of urea groups is 1. The Labute approximate surface area is 147 Å². The summed E-state index contributed by atoms with van der Waals surface area (Å²) in [6.45, 7) is 3.10. The van der Waals surface area contributed by atoms with E-state index in [-0.39, 0.29) is 17.9 Å². The van der Waals surface area contributed by atoms with Crippen LogP contribution in [-0.4, -0.2) is 41.3 Å². The van der Waals surface area contributed by atoms with Crippen LogP contribution in [0.15, 0.2) is 0 Å². The van der Waals surface area contributed by atoms with E-state index < -0.39 is 30.1 Å². The Kier molecular flexibility index (Phi) is 4.79. The Bertz CT molecular complexity index is 560. The molecule has 0 aliphatic heterocycles. The third-order valence-corrected chi connectivity index (χ3v) is 5.71. The van der Waals surface area contributed by atoms with E-state index in [1.807, 2.05) is 0 Å². The van der Waals surface area contributed by atoms with E-state index in [1.54, 1.807) is 13.8 Å². The molecule has 0 aromatic carbocycles. The van der Waals surface area contributed by atoms with Crippen LogP contribution in [0, 0.1) is 17.3 Å². The minimum absolute atomic E-state index is 0.0859. The zero-order valence-corrected chi connectivity index (χ0v) is 15.0. The minimum Gasteiger partial charge on any atom is -0.456 e. The van der Waals surface area contributed by atoms with Gasteiger partial charge in [-0.05, 0) is 69.6 Å². The summed E-state index contributed by atoms with van der Waals surface area (Å²) in [6, 6.07) is -0.684. The second-order valence-corrected chi connectivity index (χ2v) is 8.70. The maximum Gasteiger partial charge on any atom is 0.321 e. The van der Waals surface area contributed by atoms with Gasteiger partial charge >= 0.3 is 12.0 Å². The molecule has 0 spiro atoms. The second-order valence-electron chi connectivity index (χ2n) is 8.70. The first-order valence-corrected chi connectivity index (χ1v) is 9.15. The van der Waals surface area contributed by atoms with Crippen LogP contribution in [0.1, 0.15) is 58.8 Å². The molecule has 3 amide bonds. The molecule has 0 heterocycles. The fourth-order valence-electron chi connectivity index (χ4n) is 5.57. The van der Waals surface area contributed by atoms with Crippen LogP contribution in [0.2, 0.25) is 0 Å². The highest BCUT2D eigenvalue weighted by Crippen LogP contribution is 2.62. The van der Waals surface area contributed by atoms with E-state index in [0.717, 1.165) is 32.1 Å². The summed E-state index contributed by atoms with van der Waals surface area (Å²) in [7, 11) is 0. The van der Waals surface area contributed by atoms with Crippen molar-refractivity contribution in [2.75, 3.05) is 6.61 Å². The van der Waals surface area contributed by atoms with Crippen molar-refractivity contribution in [2.24, 2.45) is 17.3 Å². The van der Waals surface area contributed by atoms with Crippen molar-refractivity contribution in [3.63, 3.8) is 0 Å². The van der Waals surface area contributed by atoms with Crippen LogP contribution in [0.5, 0.6) is 0 Å². The first-order chi connectivity index (χ1) is 11.7. The number of hydrogen-bond donors (Lipinski definition) is 3. The third kappa shape index (κ3) is 4.32. The maximum absolute atomic E-state index is 12.2. The summed E-state index contributed by atoms with van der Waals surface area (Å²) in [6.07, 6.45) is 5.69. The van der Waals surface area contributed by atoms with Crippen molar-refractivity contribution < 1.29 is 24.2 Å². The van der Waals surface area contributed by atoms with Gasteiger partial charge in [0.2, 0.25) is 0 Å². The molecular formula is C18H28N2O5. The fraction of sp³-hybridized carbons (Fsp3) is 0.833. The smallest absolute Gasteiger partial charge is 0.321 e. The first kappa shape index (κ1) is 18.2. The average Bonchev–Trinajstić information content (AvgIpc) is 2.40. The van der Waals surface area contributed by atoms with Gasteiger partial charge in [0.1, 0.15) is 0 Å². The molecule has 4 rings (SSSR count). The number of carbonyl (C=O) groups is 3. The zero-order valence-electron chi connectivity index (χ0n) is 15.0. The van der Waals surface area contributed by atoms with Gasteiger partial charge in [-0.1, -0.05) is 0 Å². The van der Waals surface area contributed by atoms with Gasteiger partial charge in [-0.2, -0.15) is 0 Å². The number of nitrogens with one attached hydrogen (secondary N) is 2. The van der Waals surface area contributed by atoms with Crippen molar-refractivity contribution in [1.29, 1.82) is 0 Å². The summed E-state index contributed by atoms with van der Waals surface area (Å²) in [5.41, 5.74) is -0.794. The number of imide groups is 1. The van der Waals surface area contributed by atoms with Crippen LogP contribution < -0.4 is 10.6 Å². The van der Waals surface area contributed by atoms with Gasteiger partial charge in [0.15, 0.2) is 6.61 Å². The summed E-state index contributed by atoms with van der Waals surface area (Å²) >= 11 is 0. The molecule has 0 aromatic heterocycles. The van der Waals surface area contributed by atoms with Crippen molar-refractivity contribution in [3.8, 4) is 0 Å². The Morgan fingerprint density at radius 1 is 1.16 bits per heavy atom. The SMILES string of the molecule is CC(C)NC(=O)NC(=O)COC(=O)CC12C[C@H]3C[C@@H](CC(O)(C3)C1)C2. The number of rotatable bonds is 5. The van der Waals surface area contributed by atoms with E-state index in [2.05, 4.69) is 10.6 Å². The summed E-state index contributed by atoms with van der Waals surface area (Å²) in [5.74, 6) is -0.0650. The highest BCUT2D eigenvalue weighted by atomic mass is 16.5. The topological polar surface area (TPSA) is 105 Å². The monoisotopic (exact) mass is 352 g/mol. The van der Waals surface area contributed by atoms with Crippen molar-refractivity contribution in [2.45, 2.75) is 70.4 Å². The Morgan fingerprint density at radius 2 is 1.80 bits per heavy atom. The van der Waals surface area contributed by atoms with Gasteiger partial charge in [-0.3, -0.25) is 14.9 Å². The molecule has 0 saturated heterocycles. The van der Waals surface area contributed by atoms with Gasteiger partial charge in [0, 0.05) is 6.04 Å². The van der Waals surface area contributed by atoms with E-state index in [0.29, 0.717) is 18.3 Å². The second kappa shape index (κ2) is 6.59. The van der Waals surface area contributed by atoms with Crippen LogP contribution in [-0.2, 0) is 14.3 Å². The first-order valence-electron chi connectivity index (χ1n) is 9.15. The van der Waals surface area contributed by atoms with Gasteiger partial charge in [-0.25, -0.2) is 4.79 Å². The molecule has 25 heavy (non-hydrogen) atoms. The number of aliphatic hydroxyl groups is 1. The van der Waals surface area contributed by atoms with E-state index >= 15 is 0 Å². The normalized spacial score (nSPS) is 35.5. The number of hydrogen-bond acceptors (Lipinski definition) is 5. The summed E-state index contributed by atoms with van der Waals surface area (Å²) in [5, 5.41) is 15.4. The van der Waals surface area contributed by atoms with Gasteiger partial charge < -0.3 is 15.2 Å². The molecule has 0 unspecified atom stereocenters. The maximum atomic E-state index is 12.2. The Hall–Kier alpha value is -1.63. The number of ether oxygens (including phenoxy) is 1. The lowest BCUT2D eigenvalue weighted by atomic mass is 9.47. The van der Waals surface area contributed by atoms with Crippen molar-refractivity contribution in [3.05, 3.63) is 0 Å². The molecule has 0 radical (unpaired) electrons. The molecule has 140 valence electrons. The lowest BCUT2D eigenvalue weighted by molar-refractivity contribution is -0.177. The predicted octanol–water partition coefficient (Wildman–Crippen LogP) is 1.49. The molecular weight excluding hydrogens is 324 g/mol.